The fourth-order valence-electron chi connectivity index (χ4n) is 4.22. The van der Waals surface area contributed by atoms with Crippen LogP contribution < -0.4 is 0 Å². The highest BCUT2D eigenvalue weighted by molar-refractivity contribution is 6.07. The van der Waals surface area contributed by atoms with Crippen LogP contribution in [0.2, 0.25) is 0 Å². The van der Waals surface area contributed by atoms with Crippen LogP contribution in [0.4, 0.5) is 5.69 Å². The molecule has 7 heteroatoms. The number of carbonyl (C=O) groups is 1. The normalized spacial score (nSPS) is 13.7. The number of ether oxygens (including phenoxy) is 1. The Morgan fingerprint density at radius 3 is 2.50 bits per heavy atom. The van der Waals surface area contributed by atoms with E-state index in [2.05, 4.69) is 0 Å². The number of fused-ring (bicyclic) bond motifs is 2. The number of allylic oxidation sites excluding steroid dienone is 1. The molecule has 168 valence electrons. The number of pyridine rings is 1. The molecule has 1 heterocycles. The minimum atomic E-state index is -0.467. The fraction of sp³-hybridized carbons (Fsp3) is 0.111. The fourth-order valence-corrected chi connectivity index (χ4v) is 4.22. The number of non-ortho nitro benzene ring substituents is 1. The van der Waals surface area contributed by atoms with E-state index in [9.17, 15) is 20.0 Å². The van der Waals surface area contributed by atoms with Gasteiger partial charge >= 0.3 is 5.97 Å². The van der Waals surface area contributed by atoms with Crippen LogP contribution in [0.15, 0.2) is 72.8 Å². The second-order valence-electron chi connectivity index (χ2n) is 8.09. The molecule has 5 rings (SSSR count). The van der Waals surface area contributed by atoms with Crippen molar-refractivity contribution in [3.05, 3.63) is 111 Å². The summed E-state index contributed by atoms with van der Waals surface area (Å²) in [6.07, 6.45) is 3.43. The van der Waals surface area contributed by atoms with Gasteiger partial charge < -0.3 is 9.84 Å². The van der Waals surface area contributed by atoms with Crippen molar-refractivity contribution in [1.82, 2.24) is 4.98 Å². The Kier molecular flexibility index (Phi) is 5.51. The summed E-state index contributed by atoms with van der Waals surface area (Å²) in [6, 6.07) is 20.4. The summed E-state index contributed by atoms with van der Waals surface area (Å²) in [4.78, 5) is 28.5. The van der Waals surface area contributed by atoms with Crippen LogP contribution in [0.25, 0.3) is 22.6 Å². The zero-order valence-electron chi connectivity index (χ0n) is 18.1. The molecule has 0 radical (unpaired) electrons. The number of esters is 1. The number of rotatable bonds is 5. The average molecular weight is 452 g/mol. The summed E-state index contributed by atoms with van der Waals surface area (Å²) in [5.41, 5.74) is 5.49. The number of carbonyl (C=O) groups excluding carboxylic acids is 1. The number of nitrogens with zero attached hydrogens (tertiary/aromatic N) is 2. The Bertz CT molecular complexity index is 1440. The van der Waals surface area contributed by atoms with Crippen LogP contribution in [-0.2, 0) is 17.8 Å². The molecule has 0 saturated heterocycles. The van der Waals surface area contributed by atoms with Gasteiger partial charge in [-0.25, -0.2) is 9.78 Å². The van der Waals surface area contributed by atoms with Crippen molar-refractivity contribution in [2.75, 3.05) is 0 Å². The quantitative estimate of drug-likeness (QED) is 0.237. The number of phenolic OH excluding ortho intramolecular Hbond substituents is 1. The first-order valence-electron chi connectivity index (χ1n) is 10.8. The molecule has 7 nitrogen and oxygen atoms in total. The molecule has 0 atom stereocenters. The SMILES string of the molecule is O=C(OCc1ccc([N+](=O)[O-])cc1)c1c2c(nc3ccccc13)C(=Cc1ccc(O)cc1)CC2. The van der Waals surface area contributed by atoms with Crippen LogP contribution in [0.5, 0.6) is 5.75 Å². The summed E-state index contributed by atoms with van der Waals surface area (Å²) in [5, 5.41) is 21.1. The van der Waals surface area contributed by atoms with Crippen molar-refractivity contribution in [2.45, 2.75) is 19.4 Å². The highest BCUT2D eigenvalue weighted by Gasteiger charge is 2.27. The molecule has 3 aromatic carbocycles. The van der Waals surface area contributed by atoms with Gasteiger partial charge in [0.05, 0.1) is 21.7 Å². The molecule has 0 fully saturated rings. The lowest BCUT2D eigenvalue weighted by Gasteiger charge is -2.12. The van der Waals surface area contributed by atoms with E-state index in [1.54, 1.807) is 24.3 Å². The van der Waals surface area contributed by atoms with Gasteiger partial charge in [-0.2, -0.15) is 0 Å². The maximum atomic E-state index is 13.3. The van der Waals surface area contributed by atoms with Gasteiger partial charge in [0.15, 0.2) is 0 Å². The number of phenols is 1. The highest BCUT2D eigenvalue weighted by atomic mass is 16.6. The number of hydrogen-bond acceptors (Lipinski definition) is 6. The molecule has 1 aliphatic carbocycles. The number of nitro benzene ring substituents is 1. The zero-order valence-corrected chi connectivity index (χ0v) is 18.1. The molecular formula is C27H20N2O5. The van der Waals surface area contributed by atoms with Crippen molar-refractivity contribution in [3.8, 4) is 5.75 Å². The Hall–Kier alpha value is -4.52. The standard InChI is InChI=1S/C27H20N2O5/c30-21-12-7-17(8-13-21)15-19-9-14-23-25(22-3-1-2-4-24(22)28-26(19)23)27(31)34-16-18-5-10-20(11-6-18)29(32)33/h1-8,10-13,15,30H,9,14,16H2. The maximum Gasteiger partial charge on any atom is 0.339 e. The summed E-state index contributed by atoms with van der Waals surface area (Å²) < 4.78 is 5.63. The second kappa shape index (κ2) is 8.78. The Balaban J connectivity index is 1.49. The van der Waals surface area contributed by atoms with Crippen molar-refractivity contribution in [2.24, 2.45) is 0 Å². The molecule has 0 bridgehead atoms. The highest BCUT2D eigenvalue weighted by Crippen LogP contribution is 2.38. The minimum absolute atomic E-state index is 0.0124. The summed E-state index contributed by atoms with van der Waals surface area (Å²) >= 11 is 0. The molecule has 0 spiro atoms. The third-order valence-electron chi connectivity index (χ3n) is 5.90. The molecule has 0 unspecified atom stereocenters. The number of aromatic hydroxyl groups is 1. The third-order valence-corrected chi connectivity index (χ3v) is 5.90. The largest absolute Gasteiger partial charge is 0.508 e. The molecular weight excluding hydrogens is 432 g/mol. The predicted molar refractivity (Wildman–Crippen MR) is 128 cm³/mol. The second-order valence-corrected chi connectivity index (χ2v) is 8.09. The first-order chi connectivity index (χ1) is 16.5. The minimum Gasteiger partial charge on any atom is -0.508 e. The first kappa shape index (κ1) is 21.3. The molecule has 0 saturated carbocycles. The Morgan fingerprint density at radius 2 is 1.76 bits per heavy atom. The van der Waals surface area contributed by atoms with Crippen LogP contribution >= 0.6 is 0 Å². The number of hydrogen-bond donors (Lipinski definition) is 1. The predicted octanol–water partition coefficient (Wildman–Crippen LogP) is 5.69. The van der Waals surface area contributed by atoms with E-state index in [-0.39, 0.29) is 18.0 Å². The van der Waals surface area contributed by atoms with E-state index in [4.69, 9.17) is 9.72 Å². The van der Waals surface area contributed by atoms with Crippen molar-refractivity contribution >= 4 is 34.2 Å². The van der Waals surface area contributed by atoms with Crippen LogP contribution in [0.1, 0.15) is 39.2 Å². The number of benzene rings is 3. The first-order valence-corrected chi connectivity index (χ1v) is 10.8. The maximum absolute atomic E-state index is 13.3. The van der Waals surface area contributed by atoms with Crippen LogP contribution in [-0.4, -0.2) is 21.0 Å². The zero-order chi connectivity index (χ0) is 23.7. The van der Waals surface area contributed by atoms with E-state index in [0.29, 0.717) is 23.1 Å². The van der Waals surface area contributed by atoms with Gasteiger partial charge in [0.1, 0.15) is 12.4 Å². The van der Waals surface area contributed by atoms with Gasteiger partial charge in [0, 0.05) is 17.5 Å². The molecule has 1 aliphatic rings. The number of para-hydroxylation sites is 1. The van der Waals surface area contributed by atoms with Crippen LogP contribution in [0.3, 0.4) is 0 Å². The summed E-state index contributed by atoms with van der Waals surface area (Å²) in [7, 11) is 0. The van der Waals surface area contributed by atoms with Gasteiger partial charge in [-0.1, -0.05) is 30.3 Å². The van der Waals surface area contributed by atoms with Crippen molar-refractivity contribution in [3.63, 3.8) is 0 Å². The Morgan fingerprint density at radius 1 is 1.03 bits per heavy atom. The molecule has 1 aromatic heterocycles. The molecule has 0 amide bonds. The molecule has 4 aromatic rings. The smallest absolute Gasteiger partial charge is 0.339 e. The topological polar surface area (TPSA) is 103 Å². The third kappa shape index (κ3) is 4.11. The van der Waals surface area contributed by atoms with E-state index >= 15 is 0 Å². The van der Waals surface area contributed by atoms with Gasteiger partial charge in [0.2, 0.25) is 0 Å². The van der Waals surface area contributed by atoms with Crippen molar-refractivity contribution < 1.29 is 19.6 Å². The lowest BCUT2D eigenvalue weighted by atomic mass is 10.0. The Labute approximate surface area is 195 Å². The summed E-state index contributed by atoms with van der Waals surface area (Å²) in [6.45, 7) is 0.0124. The van der Waals surface area contributed by atoms with Gasteiger partial charge in [0.25, 0.3) is 5.69 Å². The lowest BCUT2D eigenvalue weighted by Crippen LogP contribution is -2.10. The van der Waals surface area contributed by atoms with Crippen molar-refractivity contribution in [1.29, 1.82) is 0 Å². The lowest BCUT2D eigenvalue weighted by molar-refractivity contribution is -0.384. The van der Waals surface area contributed by atoms with E-state index < -0.39 is 10.9 Å². The summed E-state index contributed by atoms with van der Waals surface area (Å²) in [5.74, 6) is -0.241. The van der Waals surface area contributed by atoms with Crippen LogP contribution in [0, 0.1) is 10.1 Å². The molecule has 1 N–H and O–H groups in total. The molecule has 0 aliphatic heterocycles. The molecule has 34 heavy (non-hydrogen) atoms. The number of nitro groups is 1. The monoisotopic (exact) mass is 452 g/mol. The van der Waals surface area contributed by atoms with E-state index in [1.807, 2.05) is 42.5 Å². The van der Waals surface area contributed by atoms with Gasteiger partial charge in [-0.15, -0.1) is 0 Å². The van der Waals surface area contributed by atoms with E-state index in [1.165, 1.54) is 12.1 Å². The average Bonchev–Trinajstić information content (AvgIpc) is 3.24. The van der Waals surface area contributed by atoms with E-state index in [0.717, 1.165) is 34.2 Å². The number of aromatic nitrogens is 1. The van der Waals surface area contributed by atoms with Gasteiger partial charge in [-0.3, -0.25) is 10.1 Å². The van der Waals surface area contributed by atoms with Gasteiger partial charge in [-0.05, 0) is 71.5 Å².